The first-order valence-electron chi connectivity index (χ1n) is 15.8. The molecule has 0 aliphatic carbocycles. The van der Waals surface area contributed by atoms with Crippen LogP contribution >= 0.6 is 0 Å². The molecule has 0 saturated heterocycles. The Morgan fingerprint density at radius 2 is 1.11 bits per heavy atom. The zero-order valence-corrected chi connectivity index (χ0v) is 25.2. The molecule has 4 nitrogen and oxygen atoms in total. The molecule has 0 aliphatic rings. The van der Waals surface area contributed by atoms with Crippen LogP contribution in [0.2, 0.25) is 0 Å². The van der Waals surface area contributed by atoms with E-state index >= 15 is 0 Å². The Labute approximate surface area is 269 Å². The van der Waals surface area contributed by atoms with E-state index in [1.165, 1.54) is 10.8 Å². The number of pyridine rings is 1. The molecule has 0 N–H and O–H groups in total. The van der Waals surface area contributed by atoms with Crippen molar-refractivity contribution in [2.24, 2.45) is 0 Å². The third kappa shape index (κ3) is 4.05. The predicted molar refractivity (Wildman–Crippen MR) is 194 cm³/mol. The lowest BCUT2D eigenvalue weighted by Crippen LogP contribution is -2.09. The van der Waals surface area contributed by atoms with Gasteiger partial charge in [0.1, 0.15) is 22.3 Å². The van der Waals surface area contributed by atoms with Gasteiger partial charge in [0.15, 0.2) is 0 Å². The molecular formula is C43H26N2O2. The fourth-order valence-corrected chi connectivity index (χ4v) is 7.06. The van der Waals surface area contributed by atoms with Crippen molar-refractivity contribution in [3.05, 3.63) is 158 Å². The number of para-hydroxylation sites is 1. The van der Waals surface area contributed by atoms with Gasteiger partial charge in [-0.05, 0) is 70.8 Å². The Kier molecular flexibility index (Phi) is 5.54. The van der Waals surface area contributed by atoms with E-state index in [0.29, 0.717) is 0 Å². The van der Waals surface area contributed by atoms with Crippen molar-refractivity contribution >= 4 is 82.5 Å². The highest BCUT2D eigenvalue weighted by atomic mass is 16.3. The van der Waals surface area contributed by atoms with Crippen LogP contribution < -0.4 is 4.90 Å². The first-order chi connectivity index (χ1) is 23.3. The maximum atomic E-state index is 6.65. The van der Waals surface area contributed by atoms with Crippen molar-refractivity contribution in [3.8, 4) is 11.3 Å². The van der Waals surface area contributed by atoms with Gasteiger partial charge >= 0.3 is 0 Å². The highest BCUT2D eigenvalue weighted by Gasteiger charge is 2.19. The van der Waals surface area contributed by atoms with Crippen molar-refractivity contribution in [3.63, 3.8) is 0 Å². The lowest BCUT2D eigenvalue weighted by Gasteiger charge is -2.26. The first-order valence-corrected chi connectivity index (χ1v) is 15.8. The van der Waals surface area contributed by atoms with E-state index in [4.69, 9.17) is 13.8 Å². The van der Waals surface area contributed by atoms with Crippen LogP contribution in [0.15, 0.2) is 167 Å². The molecule has 10 rings (SSSR count). The summed E-state index contributed by atoms with van der Waals surface area (Å²) in [5, 5.41) is 8.85. The minimum Gasteiger partial charge on any atom is -0.456 e. The molecule has 7 aromatic carbocycles. The second-order valence-electron chi connectivity index (χ2n) is 12.0. The number of furan rings is 2. The topological polar surface area (TPSA) is 42.4 Å². The summed E-state index contributed by atoms with van der Waals surface area (Å²) in [6.07, 6.45) is 1.83. The van der Waals surface area contributed by atoms with Crippen molar-refractivity contribution in [1.82, 2.24) is 4.98 Å². The van der Waals surface area contributed by atoms with Crippen LogP contribution in [0.25, 0.3) is 76.7 Å². The highest BCUT2D eigenvalue weighted by Crippen LogP contribution is 2.43. The number of anilines is 3. The number of fused-ring (bicyclic) bond motifs is 9. The largest absolute Gasteiger partial charge is 0.456 e. The van der Waals surface area contributed by atoms with E-state index in [2.05, 4.69) is 120 Å². The summed E-state index contributed by atoms with van der Waals surface area (Å²) in [4.78, 5) is 7.10. The van der Waals surface area contributed by atoms with Crippen LogP contribution in [0.5, 0.6) is 0 Å². The zero-order valence-electron chi connectivity index (χ0n) is 25.2. The SMILES string of the molecule is c1ccc(-c2nccc3oc4c5cc(N(c6ccc7ccccc7c6)c6ccc7c(c6)oc6ccccc67)ccc5ccc4c23)cc1. The van der Waals surface area contributed by atoms with E-state index in [1.807, 2.05) is 42.6 Å². The van der Waals surface area contributed by atoms with E-state index < -0.39 is 0 Å². The minimum atomic E-state index is 0.827. The molecule has 3 aromatic heterocycles. The van der Waals surface area contributed by atoms with Crippen molar-refractivity contribution in [2.45, 2.75) is 0 Å². The van der Waals surface area contributed by atoms with Gasteiger partial charge in [0, 0.05) is 56.4 Å². The van der Waals surface area contributed by atoms with Gasteiger partial charge in [-0.25, -0.2) is 0 Å². The third-order valence-corrected chi connectivity index (χ3v) is 9.27. The molecule has 0 fully saturated rings. The second-order valence-corrected chi connectivity index (χ2v) is 12.0. The summed E-state index contributed by atoms with van der Waals surface area (Å²) in [7, 11) is 0. The number of aromatic nitrogens is 1. The molecule has 47 heavy (non-hydrogen) atoms. The number of benzene rings is 7. The summed E-state index contributed by atoms with van der Waals surface area (Å²) in [6.45, 7) is 0. The zero-order chi connectivity index (χ0) is 30.9. The van der Waals surface area contributed by atoms with E-state index in [9.17, 15) is 0 Å². The quantitative estimate of drug-likeness (QED) is 0.201. The van der Waals surface area contributed by atoms with Crippen molar-refractivity contribution in [1.29, 1.82) is 0 Å². The number of hydrogen-bond acceptors (Lipinski definition) is 4. The molecule has 10 aromatic rings. The van der Waals surface area contributed by atoms with Gasteiger partial charge < -0.3 is 13.7 Å². The molecule has 0 atom stereocenters. The summed E-state index contributed by atoms with van der Waals surface area (Å²) < 4.78 is 13.0. The highest BCUT2D eigenvalue weighted by molar-refractivity contribution is 6.19. The molecule has 0 spiro atoms. The lowest BCUT2D eigenvalue weighted by atomic mass is 10.0. The fourth-order valence-electron chi connectivity index (χ4n) is 7.06. The average molecular weight is 603 g/mol. The summed E-state index contributed by atoms with van der Waals surface area (Å²) in [6, 6.07) is 53.0. The van der Waals surface area contributed by atoms with Gasteiger partial charge in [0.2, 0.25) is 0 Å². The van der Waals surface area contributed by atoms with Crippen molar-refractivity contribution in [2.75, 3.05) is 4.90 Å². The third-order valence-electron chi connectivity index (χ3n) is 9.27. The molecular weight excluding hydrogens is 576 g/mol. The van der Waals surface area contributed by atoms with Crippen LogP contribution in [-0.4, -0.2) is 4.98 Å². The molecule has 0 radical (unpaired) electrons. The predicted octanol–water partition coefficient (Wildman–Crippen LogP) is 12.3. The average Bonchev–Trinajstić information content (AvgIpc) is 3.70. The molecule has 0 unspecified atom stereocenters. The van der Waals surface area contributed by atoms with E-state index in [-0.39, 0.29) is 0 Å². The van der Waals surface area contributed by atoms with Gasteiger partial charge in [0.25, 0.3) is 0 Å². The van der Waals surface area contributed by atoms with Crippen LogP contribution in [-0.2, 0) is 0 Å². The molecule has 0 bridgehead atoms. The Hall–Kier alpha value is -6.39. The lowest BCUT2D eigenvalue weighted by molar-refractivity contribution is 0.669. The van der Waals surface area contributed by atoms with Crippen LogP contribution in [0, 0.1) is 0 Å². The normalized spacial score (nSPS) is 11.8. The van der Waals surface area contributed by atoms with Crippen LogP contribution in [0.4, 0.5) is 17.1 Å². The standard InChI is InChI=1S/C43H26N2O2/c1-2-9-29(10-3-1)42-41-36-20-16-28-15-18-32(25-37(28)43(36)47-39(41)22-23-44-42)45(31-17-14-27-8-4-5-11-30(27)24-31)33-19-21-35-34-12-6-7-13-38(34)46-40(35)26-33/h1-26H. The fraction of sp³-hybridized carbons (Fsp3) is 0. The maximum Gasteiger partial charge on any atom is 0.143 e. The van der Waals surface area contributed by atoms with Gasteiger partial charge in [-0.15, -0.1) is 0 Å². The van der Waals surface area contributed by atoms with Crippen LogP contribution in [0.3, 0.4) is 0 Å². The maximum absolute atomic E-state index is 6.65. The Morgan fingerprint density at radius 3 is 2.02 bits per heavy atom. The molecule has 4 heteroatoms. The second kappa shape index (κ2) is 10.1. The Bertz CT molecular complexity index is 2810. The Morgan fingerprint density at radius 1 is 0.426 bits per heavy atom. The summed E-state index contributed by atoms with van der Waals surface area (Å²) in [5.74, 6) is 0. The molecule has 0 aliphatic heterocycles. The minimum absolute atomic E-state index is 0.827. The number of hydrogen-bond donors (Lipinski definition) is 0. The Balaban J connectivity index is 1.22. The molecule has 220 valence electrons. The van der Waals surface area contributed by atoms with Gasteiger partial charge in [-0.3, -0.25) is 4.98 Å². The van der Waals surface area contributed by atoms with Gasteiger partial charge in [-0.2, -0.15) is 0 Å². The molecule has 0 amide bonds. The molecule has 0 saturated carbocycles. The van der Waals surface area contributed by atoms with Gasteiger partial charge in [-0.1, -0.05) is 91.0 Å². The number of nitrogens with zero attached hydrogens (tertiary/aromatic N) is 2. The summed E-state index contributed by atoms with van der Waals surface area (Å²) in [5.41, 5.74) is 8.52. The monoisotopic (exact) mass is 602 g/mol. The van der Waals surface area contributed by atoms with E-state index in [1.54, 1.807) is 0 Å². The molecule has 3 heterocycles. The van der Waals surface area contributed by atoms with E-state index in [0.717, 1.165) is 83.0 Å². The van der Waals surface area contributed by atoms with Crippen molar-refractivity contribution < 1.29 is 8.83 Å². The smallest absolute Gasteiger partial charge is 0.143 e. The first kappa shape index (κ1) is 25.9. The number of rotatable bonds is 4. The van der Waals surface area contributed by atoms with Gasteiger partial charge in [0.05, 0.1) is 11.1 Å². The summed E-state index contributed by atoms with van der Waals surface area (Å²) >= 11 is 0. The van der Waals surface area contributed by atoms with Crippen LogP contribution in [0.1, 0.15) is 0 Å².